The van der Waals surface area contributed by atoms with Gasteiger partial charge in [0.25, 0.3) is 0 Å². The monoisotopic (exact) mass is 377 g/mol. The molecule has 3 aromatic rings. The largest absolute Gasteiger partial charge is 0.484 e. The molecule has 1 aliphatic heterocycles. The second kappa shape index (κ2) is 8.67. The number of nitrogens with zero attached hydrogens (tertiary/aromatic N) is 4. The zero-order valence-corrected chi connectivity index (χ0v) is 15.6. The molecule has 1 aliphatic rings. The second-order valence-corrected chi connectivity index (χ2v) is 6.80. The molecule has 0 saturated heterocycles. The molecule has 0 fully saturated rings. The van der Waals surface area contributed by atoms with Crippen LogP contribution in [-0.4, -0.2) is 45.2 Å². The number of ether oxygens (including phenoxy) is 1. The number of fused-ring (bicyclic) bond motifs is 1. The summed E-state index contributed by atoms with van der Waals surface area (Å²) < 4.78 is 7.99. The molecule has 144 valence electrons. The lowest BCUT2D eigenvalue weighted by Gasteiger charge is -2.23. The number of hydrogen-bond acceptors (Lipinski definition) is 5. The molecule has 2 heterocycles. The summed E-state index contributed by atoms with van der Waals surface area (Å²) >= 11 is 0. The van der Waals surface area contributed by atoms with Crippen LogP contribution in [-0.2, 0) is 17.9 Å². The SMILES string of the molecule is O=C(CN1Cc2ccccc2OC(c2ccccc2)C1)NCCn1cncn1. The fourth-order valence-corrected chi connectivity index (χ4v) is 3.36. The third kappa shape index (κ3) is 4.55. The minimum Gasteiger partial charge on any atom is -0.484 e. The van der Waals surface area contributed by atoms with Crippen LogP contribution in [0.4, 0.5) is 0 Å². The number of amides is 1. The quantitative estimate of drug-likeness (QED) is 0.712. The van der Waals surface area contributed by atoms with Crippen molar-refractivity contribution in [3.63, 3.8) is 0 Å². The van der Waals surface area contributed by atoms with Gasteiger partial charge in [0.15, 0.2) is 0 Å². The Hall–Kier alpha value is -3.19. The molecule has 1 aromatic heterocycles. The van der Waals surface area contributed by atoms with E-state index in [4.69, 9.17) is 4.74 Å². The minimum absolute atomic E-state index is 0.00805. The van der Waals surface area contributed by atoms with Gasteiger partial charge in [0.2, 0.25) is 5.91 Å². The lowest BCUT2D eigenvalue weighted by atomic mass is 10.1. The van der Waals surface area contributed by atoms with Crippen LogP contribution in [0.25, 0.3) is 0 Å². The molecular weight excluding hydrogens is 354 g/mol. The Bertz CT molecular complexity index is 898. The number of aromatic nitrogens is 3. The predicted molar refractivity (Wildman–Crippen MR) is 105 cm³/mol. The lowest BCUT2D eigenvalue weighted by Crippen LogP contribution is -2.39. The number of rotatable bonds is 6. The normalized spacial score (nSPS) is 16.6. The minimum atomic E-state index is -0.118. The molecule has 1 amide bonds. The van der Waals surface area contributed by atoms with Crippen LogP contribution in [0.15, 0.2) is 67.3 Å². The van der Waals surface area contributed by atoms with E-state index in [9.17, 15) is 4.79 Å². The first kappa shape index (κ1) is 18.2. The van der Waals surface area contributed by atoms with Gasteiger partial charge in [0.05, 0.1) is 13.1 Å². The van der Waals surface area contributed by atoms with Gasteiger partial charge in [0, 0.05) is 25.2 Å². The summed E-state index contributed by atoms with van der Waals surface area (Å²) in [7, 11) is 0. The predicted octanol–water partition coefficient (Wildman–Crippen LogP) is 2.03. The van der Waals surface area contributed by atoms with Crippen LogP contribution in [0.5, 0.6) is 5.75 Å². The van der Waals surface area contributed by atoms with Gasteiger partial charge >= 0.3 is 0 Å². The third-order valence-electron chi connectivity index (χ3n) is 4.73. The standard InChI is InChI=1S/C21H23N5O2/c27-21(23-10-11-26-16-22-15-24-26)14-25-12-18-8-4-5-9-19(18)28-20(13-25)17-6-2-1-3-7-17/h1-9,15-16,20H,10-14H2,(H,23,27). The summed E-state index contributed by atoms with van der Waals surface area (Å²) in [4.78, 5) is 18.5. The van der Waals surface area contributed by atoms with Crippen molar-refractivity contribution in [1.29, 1.82) is 0 Å². The maximum atomic E-state index is 12.5. The van der Waals surface area contributed by atoms with Crippen molar-refractivity contribution in [3.05, 3.63) is 78.4 Å². The number of nitrogens with one attached hydrogen (secondary N) is 1. The van der Waals surface area contributed by atoms with Crippen molar-refractivity contribution in [2.24, 2.45) is 0 Å². The van der Waals surface area contributed by atoms with Gasteiger partial charge in [-0.2, -0.15) is 5.10 Å². The Morgan fingerprint density at radius 2 is 1.96 bits per heavy atom. The van der Waals surface area contributed by atoms with Crippen molar-refractivity contribution in [3.8, 4) is 5.75 Å². The Morgan fingerprint density at radius 1 is 1.14 bits per heavy atom. The maximum absolute atomic E-state index is 12.5. The molecule has 28 heavy (non-hydrogen) atoms. The van der Waals surface area contributed by atoms with E-state index in [-0.39, 0.29) is 12.0 Å². The van der Waals surface area contributed by atoms with Gasteiger partial charge in [-0.3, -0.25) is 14.4 Å². The lowest BCUT2D eigenvalue weighted by molar-refractivity contribution is -0.122. The van der Waals surface area contributed by atoms with Gasteiger partial charge in [-0.05, 0) is 11.6 Å². The van der Waals surface area contributed by atoms with Crippen molar-refractivity contribution >= 4 is 5.91 Å². The van der Waals surface area contributed by atoms with Crippen LogP contribution in [0, 0.1) is 0 Å². The molecule has 7 heteroatoms. The average molecular weight is 377 g/mol. The smallest absolute Gasteiger partial charge is 0.234 e. The van der Waals surface area contributed by atoms with Crippen molar-refractivity contribution in [1.82, 2.24) is 25.0 Å². The summed E-state index contributed by atoms with van der Waals surface area (Å²) in [6.07, 6.45) is 3.01. The number of hydrogen-bond donors (Lipinski definition) is 1. The number of carbonyl (C=O) groups excluding carboxylic acids is 1. The fourth-order valence-electron chi connectivity index (χ4n) is 3.36. The van der Waals surface area contributed by atoms with Crippen LogP contribution in [0.2, 0.25) is 0 Å². The van der Waals surface area contributed by atoms with E-state index in [2.05, 4.69) is 38.5 Å². The topological polar surface area (TPSA) is 72.3 Å². The Morgan fingerprint density at radius 3 is 2.79 bits per heavy atom. The molecule has 0 spiro atoms. The van der Waals surface area contributed by atoms with Crippen molar-refractivity contribution in [2.45, 2.75) is 19.2 Å². The Labute approximate surface area is 164 Å². The van der Waals surface area contributed by atoms with E-state index in [0.717, 1.165) is 16.9 Å². The summed E-state index contributed by atoms with van der Waals surface area (Å²) in [6.45, 7) is 2.76. The molecule has 4 rings (SSSR count). The maximum Gasteiger partial charge on any atom is 0.234 e. The average Bonchev–Trinajstić information content (AvgIpc) is 3.16. The zero-order chi connectivity index (χ0) is 19.2. The summed E-state index contributed by atoms with van der Waals surface area (Å²) in [5.74, 6) is 0.872. The molecule has 2 aromatic carbocycles. The van der Waals surface area contributed by atoms with Crippen LogP contribution >= 0.6 is 0 Å². The van der Waals surface area contributed by atoms with E-state index in [1.165, 1.54) is 6.33 Å². The molecular formula is C21H23N5O2. The molecule has 1 atom stereocenters. The van der Waals surface area contributed by atoms with Gasteiger partial charge in [0.1, 0.15) is 24.5 Å². The van der Waals surface area contributed by atoms with E-state index in [1.54, 1.807) is 11.0 Å². The molecule has 1 N–H and O–H groups in total. The second-order valence-electron chi connectivity index (χ2n) is 6.80. The van der Waals surface area contributed by atoms with Crippen LogP contribution < -0.4 is 10.1 Å². The van der Waals surface area contributed by atoms with Crippen LogP contribution in [0.1, 0.15) is 17.2 Å². The van der Waals surface area contributed by atoms with Crippen molar-refractivity contribution < 1.29 is 9.53 Å². The third-order valence-corrected chi connectivity index (χ3v) is 4.73. The van der Waals surface area contributed by atoms with E-state index < -0.39 is 0 Å². The first-order valence-electron chi connectivity index (χ1n) is 9.39. The van der Waals surface area contributed by atoms with E-state index in [0.29, 0.717) is 32.7 Å². The zero-order valence-electron chi connectivity index (χ0n) is 15.6. The molecule has 0 radical (unpaired) electrons. The van der Waals surface area contributed by atoms with E-state index in [1.807, 2.05) is 36.4 Å². The molecule has 0 bridgehead atoms. The molecule has 0 aliphatic carbocycles. The summed E-state index contributed by atoms with van der Waals surface area (Å²) in [5.41, 5.74) is 2.20. The fraction of sp³-hybridized carbons (Fsp3) is 0.286. The first-order valence-corrected chi connectivity index (χ1v) is 9.39. The number of carbonyl (C=O) groups is 1. The van der Waals surface area contributed by atoms with Crippen LogP contribution in [0.3, 0.4) is 0 Å². The highest BCUT2D eigenvalue weighted by molar-refractivity contribution is 5.78. The highest BCUT2D eigenvalue weighted by atomic mass is 16.5. The Kier molecular flexibility index (Phi) is 5.63. The number of para-hydroxylation sites is 1. The molecule has 1 unspecified atom stereocenters. The summed E-state index contributed by atoms with van der Waals surface area (Å²) in [6, 6.07) is 18.2. The van der Waals surface area contributed by atoms with Crippen molar-refractivity contribution in [2.75, 3.05) is 19.6 Å². The van der Waals surface area contributed by atoms with Gasteiger partial charge in [-0.15, -0.1) is 0 Å². The first-order chi connectivity index (χ1) is 13.8. The van der Waals surface area contributed by atoms with Gasteiger partial charge in [-0.1, -0.05) is 48.5 Å². The highest BCUT2D eigenvalue weighted by Crippen LogP contribution is 2.30. The summed E-state index contributed by atoms with van der Waals surface area (Å²) in [5, 5.41) is 6.99. The number of benzene rings is 2. The van der Waals surface area contributed by atoms with Gasteiger partial charge in [-0.25, -0.2) is 4.98 Å². The van der Waals surface area contributed by atoms with Gasteiger partial charge < -0.3 is 10.1 Å². The van der Waals surface area contributed by atoms with E-state index >= 15 is 0 Å². The Balaban J connectivity index is 1.42. The molecule has 7 nitrogen and oxygen atoms in total. The highest BCUT2D eigenvalue weighted by Gasteiger charge is 2.25. The molecule has 0 saturated carbocycles.